The molecule has 23 heavy (non-hydrogen) atoms. The molecule has 3 heterocycles. The van der Waals surface area contributed by atoms with Crippen molar-refractivity contribution in [3.05, 3.63) is 29.2 Å². The van der Waals surface area contributed by atoms with E-state index in [4.69, 9.17) is 0 Å². The second kappa shape index (κ2) is 5.49. The van der Waals surface area contributed by atoms with Gasteiger partial charge in [-0.15, -0.1) is 0 Å². The van der Waals surface area contributed by atoms with Gasteiger partial charge in [0.2, 0.25) is 5.91 Å². The predicted octanol–water partition coefficient (Wildman–Crippen LogP) is 0.584. The maximum atomic E-state index is 12.8. The van der Waals surface area contributed by atoms with Crippen LogP contribution in [0.3, 0.4) is 0 Å². The van der Waals surface area contributed by atoms with E-state index in [9.17, 15) is 4.79 Å². The van der Waals surface area contributed by atoms with Gasteiger partial charge in [0.1, 0.15) is 5.82 Å². The molecule has 0 saturated carbocycles. The van der Waals surface area contributed by atoms with E-state index in [1.165, 1.54) is 5.56 Å². The maximum Gasteiger partial charge on any atom is 0.230 e. The number of nitrogens with zero attached hydrogens (tertiary/aromatic N) is 4. The Morgan fingerprint density at radius 3 is 3.00 bits per heavy atom. The highest BCUT2D eigenvalue weighted by Crippen LogP contribution is 2.31. The Morgan fingerprint density at radius 2 is 2.22 bits per heavy atom. The molecule has 1 fully saturated rings. The van der Waals surface area contributed by atoms with Crippen molar-refractivity contribution in [1.82, 2.24) is 24.9 Å². The highest BCUT2D eigenvalue weighted by atomic mass is 16.2. The van der Waals surface area contributed by atoms with Crippen molar-refractivity contribution in [2.24, 2.45) is 20.0 Å². The molecular formula is C16H22N6O. The number of hydrogen-bond acceptors (Lipinski definition) is 4. The van der Waals surface area contributed by atoms with Crippen molar-refractivity contribution in [1.29, 1.82) is 0 Å². The number of rotatable bonds is 3. The molecule has 7 nitrogen and oxygen atoms in total. The quantitative estimate of drug-likeness (QED) is 0.869. The molecule has 0 unspecified atom stereocenters. The average Bonchev–Trinajstić information content (AvgIpc) is 3.25. The summed E-state index contributed by atoms with van der Waals surface area (Å²) in [5.74, 6) is 1.04. The second-order valence-corrected chi connectivity index (χ2v) is 6.56. The van der Waals surface area contributed by atoms with Gasteiger partial charge in [-0.25, -0.2) is 0 Å². The Balaban J connectivity index is 1.55. The Labute approximate surface area is 135 Å². The van der Waals surface area contributed by atoms with E-state index in [-0.39, 0.29) is 17.7 Å². The molecule has 0 aromatic carbocycles. The monoisotopic (exact) mass is 314 g/mol. The highest BCUT2D eigenvalue weighted by Gasteiger charge is 2.35. The fraction of sp³-hybridized carbons (Fsp3) is 0.562. The maximum absolute atomic E-state index is 12.8. The van der Waals surface area contributed by atoms with Gasteiger partial charge in [0, 0.05) is 44.9 Å². The summed E-state index contributed by atoms with van der Waals surface area (Å²) in [5.41, 5.74) is 3.47. The number of carbonyl (C=O) groups is 1. The number of aryl methyl sites for hydroxylation is 3. The van der Waals surface area contributed by atoms with Crippen LogP contribution in [0.5, 0.6) is 0 Å². The zero-order valence-corrected chi connectivity index (χ0v) is 13.5. The Kier molecular flexibility index (Phi) is 3.45. The van der Waals surface area contributed by atoms with E-state index in [1.807, 2.05) is 31.2 Å². The number of aromatic nitrogens is 4. The zero-order chi connectivity index (χ0) is 16.0. The molecule has 1 aliphatic carbocycles. The minimum atomic E-state index is -0.0776. The number of amides is 1. The van der Waals surface area contributed by atoms with Crippen molar-refractivity contribution in [2.75, 3.05) is 18.4 Å². The van der Waals surface area contributed by atoms with Crippen molar-refractivity contribution < 1.29 is 4.79 Å². The summed E-state index contributed by atoms with van der Waals surface area (Å²) in [4.78, 5) is 12.8. The summed E-state index contributed by atoms with van der Waals surface area (Å²) in [7, 11) is 3.80. The lowest BCUT2D eigenvalue weighted by Gasteiger charge is -2.17. The van der Waals surface area contributed by atoms with Crippen molar-refractivity contribution in [2.45, 2.75) is 25.2 Å². The first-order valence-corrected chi connectivity index (χ1v) is 8.18. The van der Waals surface area contributed by atoms with Crippen LogP contribution in [-0.4, -0.2) is 38.6 Å². The van der Waals surface area contributed by atoms with Gasteiger partial charge in [0.15, 0.2) is 0 Å². The number of nitrogens with one attached hydrogen (secondary N) is 2. The fourth-order valence-corrected chi connectivity index (χ4v) is 3.82. The molecule has 1 amide bonds. The summed E-state index contributed by atoms with van der Waals surface area (Å²) in [6.07, 6.45) is 7.01. The molecule has 2 atom stereocenters. The van der Waals surface area contributed by atoms with Crippen LogP contribution in [0.15, 0.2) is 12.4 Å². The number of fused-ring (bicyclic) bond motifs is 1. The van der Waals surface area contributed by atoms with E-state index in [1.54, 1.807) is 4.68 Å². The molecule has 2 aliphatic rings. The van der Waals surface area contributed by atoms with E-state index in [0.29, 0.717) is 6.54 Å². The van der Waals surface area contributed by atoms with Crippen LogP contribution < -0.4 is 10.6 Å². The van der Waals surface area contributed by atoms with E-state index >= 15 is 0 Å². The largest absolute Gasteiger partial charge is 0.315 e. The van der Waals surface area contributed by atoms with E-state index in [0.717, 1.165) is 42.9 Å². The van der Waals surface area contributed by atoms with Gasteiger partial charge in [-0.1, -0.05) is 0 Å². The van der Waals surface area contributed by atoms with Crippen LogP contribution in [0.25, 0.3) is 0 Å². The van der Waals surface area contributed by atoms with Crippen molar-refractivity contribution in [3.63, 3.8) is 0 Å². The zero-order valence-electron chi connectivity index (χ0n) is 13.5. The Bertz CT molecular complexity index is 746. The normalized spacial score (nSPS) is 23.2. The Hall–Kier alpha value is -2.15. The first-order chi connectivity index (χ1) is 11.1. The van der Waals surface area contributed by atoms with Gasteiger partial charge < -0.3 is 10.6 Å². The molecule has 1 aliphatic heterocycles. The number of anilines is 1. The van der Waals surface area contributed by atoms with Crippen LogP contribution in [0, 0.1) is 5.92 Å². The first kappa shape index (κ1) is 14.4. The van der Waals surface area contributed by atoms with Crippen LogP contribution in [-0.2, 0) is 31.7 Å². The standard InChI is InChI=1S/C16H22N6O/c1-21-9-10(6-18-21)12-7-17-8-13(12)16(23)19-15-11-4-3-5-14(11)20-22(15)2/h6,9,12-13,17H,3-5,7-8H2,1-2H3,(H,19,23)/t12-,13+/m1/s1. The molecule has 4 rings (SSSR count). The fourth-order valence-electron chi connectivity index (χ4n) is 3.82. The summed E-state index contributed by atoms with van der Waals surface area (Å²) in [6.45, 7) is 1.51. The molecule has 0 bridgehead atoms. The second-order valence-electron chi connectivity index (χ2n) is 6.56. The van der Waals surface area contributed by atoms with Crippen LogP contribution in [0.1, 0.15) is 29.2 Å². The summed E-state index contributed by atoms with van der Waals surface area (Å²) in [6, 6.07) is 0. The third kappa shape index (κ3) is 2.45. The SMILES string of the molecule is Cn1cc([C@H]2CNC[C@@H]2C(=O)Nc2c3c(nn2C)CCC3)cn1. The number of hydrogen-bond donors (Lipinski definition) is 2. The minimum absolute atomic E-state index is 0.0709. The van der Waals surface area contributed by atoms with Crippen molar-refractivity contribution in [3.8, 4) is 0 Å². The summed E-state index contributed by atoms with van der Waals surface area (Å²) >= 11 is 0. The van der Waals surface area contributed by atoms with Crippen LogP contribution in [0.2, 0.25) is 0 Å². The summed E-state index contributed by atoms with van der Waals surface area (Å²) in [5, 5.41) is 15.2. The van der Waals surface area contributed by atoms with Crippen LogP contribution >= 0.6 is 0 Å². The van der Waals surface area contributed by atoms with Gasteiger partial charge in [0.05, 0.1) is 17.8 Å². The molecule has 7 heteroatoms. The molecular weight excluding hydrogens is 292 g/mol. The van der Waals surface area contributed by atoms with E-state index < -0.39 is 0 Å². The van der Waals surface area contributed by atoms with Crippen molar-refractivity contribution >= 4 is 11.7 Å². The van der Waals surface area contributed by atoms with Gasteiger partial charge >= 0.3 is 0 Å². The molecule has 2 N–H and O–H groups in total. The van der Waals surface area contributed by atoms with Gasteiger partial charge in [-0.3, -0.25) is 14.2 Å². The average molecular weight is 314 g/mol. The number of carbonyl (C=O) groups excluding carboxylic acids is 1. The molecule has 0 radical (unpaired) electrons. The molecule has 2 aromatic rings. The van der Waals surface area contributed by atoms with Crippen LogP contribution in [0.4, 0.5) is 5.82 Å². The lowest BCUT2D eigenvalue weighted by molar-refractivity contribution is -0.119. The third-order valence-corrected chi connectivity index (χ3v) is 5.01. The third-order valence-electron chi connectivity index (χ3n) is 5.01. The van der Waals surface area contributed by atoms with E-state index in [2.05, 4.69) is 20.8 Å². The van der Waals surface area contributed by atoms with Gasteiger partial charge in [-0.2, -0.15) is 10.2 Å². The van der Waals surface area contributed by atoms with Gasteiger partial charge in [0.25, 0.3) is 0 Å². The topological polar surface area (TPSA) is 76.8 Å². The molecule has 0 spiro atoms. The summed E-state index contributed by atoms with van der Waals surface area (Å²) < 4.78 is 3.60. The highest BCUT2D eigenvalue weighted by molar-refractivity contribution is 5.93. The van der Waals surface area contributed by atoms with Gasteiger partial charge in [-0.05, 0) is 24.8 Å². The molecule has 1 saturated heterocycles. The predicted molar refractivity (Wildman–Crippen MR) is 86.2 cm³/mol. The lowest BCUT2D eigenvalue weighted by Crippen LogP contribution is -2.29. The first-order valence-electron chi connectivity index (χ1n) is 8.18. The lowest BCUT2D eigenvalue weighted by atomic mass is 9.90. The Morgan fingerprint density at radius 1 is 1.35 bits per heavy atom. The molecule has 122 valence electrons. The smallest absolute Gasteiger partial charge is 0.230 e. The molecule has 2 aromatic heterocycles. The minimum Gasteiger partial charge on any atom is -0.315 e.